The molecular weight excluding hydrogens is 254 g/mol. The van der Waals surface area contributed by atoms with Crippen molar-refractivity contribution in [3.63, 3.8) is 0 Å². The Bertz CT molecular complexity index is 747. The van der Waals surface area contributed by atoms with Crippen molar-refractivity contribution in [2.24, 2.45) is 0 Å². The average molecular weight is 267 g/mol. The molecule has 3 N–H and O–H groups in total. The number of anilines is 1. The van der Waals surface area contributed by atoms with Gasteiger partial charge in [0, 0.05) is 17.6 Å². The van der Waals surface area contributed by atoms with Gasteiger partial charge in [-0.25, -0.2) is 4.79 Å². The van der Waals surface area contributed by atoms with Crippen LogP contribution in [-0.4, -0.2) is 21.3 Å². The maximum atomic E-state index is 10.8. The number of aromatic carboxylic acids is 1. The first kappa shape index (κ1) is 12.2. The second-order valence-corrected chi connectivity index (χ2v) is 4.53. The van der Waals surface area contributed by atoms with Gasteiger partial charge < -0.3 is 10.4 Å². The molecule has 1 heterocycles. The second-order valence-electron chi connectivity index (χ2n) is 4.53. The number of aromatic amines is 1. The van der Waals surface area contributed by atoms with Gasteiger partial charge in [0.15, 0.2) is 0 Å². The number of rotatable bonds is 4. The van der Waals surface area contributed by atoms with E-state index in [2.05, 4.69) is 15.5 Å². The minimum absolute atomic E-state index is 0.300. The van der Waals surface area contributed by atoms with Crippen LogP contribution in [0.2, 0.25) is 0 Å². The first-order valence-electron chi connectivity index (χ1n) is 6.21. The molecule has 0 aliphatic rings. The van der Waals surface area contributed by atoms with Gasteiger partial charge in [-0.05, 0) is 35.9 Å². The monoisotopic (exact) mass is 267 g/mol. The molecule has 0 bridgehead atoms. The van der Waals surface area contributed by atoms with E-state index in [1.807, 2.05) is 30.3 Å². The summed E-state index contributed by atoms with van der Waals surface area (Å²) in [5.41, 5.74) is 3.33. The summed E-state index contributed by atoms with van der Waals surface area (Å²) in [6.45, 7) is 0.642. The highest BCUT2D eigenvalue weighted by molar-refractivity contribution is 5.87. The maximum absolute atomic E-state index is 10.8. The summed E-state index contributed by atoms with van der Waals surface area (Å²) in [6.07, 6.45) is 1.78. The molecule has 0 amide bonds. The van der Waals surface area contributed by atoms with Crippen molar-refractivity contribution in [1.29, 1.82) is 0 Å². The van der Waals surface area contributed by atoms with E-state index >= 15 is 0 Å². The lowest BCUT2D eigenvalue weighted by molar-refractivity contribution is 0.0697. The zero-order valence-corrected chi connectivity index (χ0v) is 10.6. The second kappa shape index (κ2) is 5.05. The van der Waals surface area contributed by atoms with Gasteiger partial charge in [0.05, 0.1) is 17.3 Å². The standard InChI is InChI=1S/C15H13N3O2/c19-15(20)11-3-1-10(2-4-11)8-16-13-5-6-14-12(7-13)9-17-18-14/h1-7,9,16H,8H2,(H,17,18)(H,19,20). The molecule has 3 aromatic rings. The van der Waals surface area contributed by atoms with Gasteiger partial charge in [-0.1, -0.05) is 12.1 Å². The fourth-order valence-corrected chi connectivity index (χ4v) is 2.02. The molecule has 0 atom stereocenters. The van der Waals surface area contributed by atoms with E-state index in [4.69, 9.17) is 5.11 Å². The van der Waals surface area contributed by atoms with E-state index in [1.165, 1.54) is 0 Å². The van der Waals surface area contributed by atoms with Gasteiger partial charge in [0.25, 0.3) is 0 Å². The van der Waals surface area contributed by atoms with Crippen LogP contribution in [0, 0.1) is 0 Å². The predicted molar refractivity (Wildman–Crippen MR) is 76.8 cm³/mol. The van der Waals surface area contributed by atoms with Crippen molar-refractivity contribution in [3.05, 3.63) is 59.8 Å². The number of nitrogens with one attached hydrogen (secondary N) is 2. The molecule has 1 aromatic heterocycles. The number of carbonyl (C=O) groups is 1. The van der Waals surface area contributed by atoms with Gasteiger partial charge in [-0.3, -0.25) is 5.10 Å². The predicted octanol–water partition coefficient (Wildman–Crippen LogP) is 2.87. The van der Waals surface area contributed by atoms with E-state index in [-0.39, 0.29) is 0 Å². The third kappa shape index (κ3) is 2.47. The molecule has 0 saturated heterocycles. The summed E-state index contributed by atoms with van der Waals surface area (Å²) in [6, 6.07) is 12.8. The van der Waals surface area contributed by atoms with Gasteiger partial charge >= 0.3 is 5.97 Å². The molecule has 5 heteroatoms. The summed E-state index contributed by atoms with van der Waals surface area (Å²) in [4.78, 5) is 10.8. The molecule has 0 fully saturated rings. The number of benzene rings is 2. The molecule has 0 aliphatic carbocycles. The Balaban J connectivity index is 1.70. The summed E-state index contributed by atoms with van der Waals surface area (Å²) in [5, 5.41) is 20.1. The number of aromatic nitrogens is 2. The number of nitrogens with zero attached hydrogens (tertiary/aromatic N) is 1. The Morgan fingerprint density at radius 1 is 1.20 bits per heavy atom. The van der Waals surface area contributed by atoms with Crippen LogP contribution in [0.5, 0.6) is 0 Å². The molecule has 0 saturated carbocycles. The number of H-pyrrole nitrogens is 1. The highest BCUT2D eigenvalue weighted by Gasteiger charge is 2.02. The Hall–Kier alpha value is -2.82. The van der Waals surface area contributed by atoms with E-state index < -0.39 is 5.97 Å². The van der Waals surface area contributed by atoms with Crippen molar-refractivity contribution in [1.82, 2.24) is 10.2 Å². The normalized spacial score (nSPS) is 10.6. The molecule has 5 nitrogen and oxygen atoms in total. The van der Waals surface area contributed by atoms with Gasteiger partial charge in [-0.2, -0.15) is 5.10 Å². The van der Waals surface area contributed by atoms with Crippen molar-refractivity contribution in [2.45, 2.75) is 6.54 Å². The summed E-state index contributed by atoms with van der Waals surface area (Å²) < 4.78 is 0. The van der Waals surface area contributed by atoms with Gasteiger partial charge in [0.2, 0.25) is 0 Å². The Kier molecular flexibility index (Phi) is 3.09. The topological polar surface area (TPSA) is 78.0 Å². The highest BCUT2D eigenvalue weighted by Crippen LogP contribution is 2.17. The SMILES string of the molecule is O=C(O)c1ccc(CNc2ccc3[nH]ncc3c2)cc1. The molecule has 2 aromatic carbocycles. The van der Waals surface area contributed by atoms with Crippen LogP contribution in [0.1, 0.15) is 15.9 Å². The largest absolute Gasteiger partial charge is 0.478 e. The number of hydrogen-bond donors (Lipinski definition) is 3. The van der Waals surface area contributed by atoms with E-state index in [9.17, 15) is 4.79 Å². The zero-order valence-electron chi connectivity index (χ0n) is 10.6. The quantitative estimate of drug-likeness (QED) is 0.679. The summed E-state index contributed by atoms with van der Waals surface area (Å²) in [5.74, 6) is -0.907. The smallest absolute Gasteiger partial charge is 0.335 e. The molecule has 0 aliphatic heterocycles. The van der Waals surface area contributed by atoms with Crippen LogP contribution in [0.25, 0.3) is 10.9 Å². The third-order valence-electron chi connectivity index (χ3n) is 3.14. The average Bonchev–Trinajstić information content (AvgIpc) is 2.93. The van der Waals surface area contributed by atoms with Gasteiger partial charge in [-0.15, -0.1) is 0 Å². The van der Waals surface area contributed by atoms with E-state index in [0.29, 0.717) is 12.1 Å². The van der Waals surface area contributed by atoms with Crippen LogP contribution < -0.4 is 5.32 Å². The lowest BCUT2D eigenvalue weighted by atomic mass is 10.1. The fraction of sp³-hybridized carbons (Fsp3) is 0.0667. The number of carboxylic acid groups (broad SMARTS) is 1. The summed E-state index contributed by atoms with van der Waals surface area (Å²) >= 11 is 0. The van der Waals surface area contributed by atoms with Crippen molar-refractivity contribution in [3.8, 4) is 0 Å². The molecule has 3 rings (SSSR count). The van der Waals surface area contributed by atoms with Crippen molar-refractivity contribution >= 4 is 22.6 Å². The Morgan fingerprint density at radius 2 is 2.00 bits per heavy atom. The molecule has 100 valence electrons. The van der Waals surface area contributed by atoms with Crippen LogP contribution >= 0.6 is 0 Å². The minimum atomic E-state index is -0.907. The van der Waals surface area contributed by atoms with Gasteiger partial charge in [0.1, 0.15) is 0 Å². The lowest BCUT2D eigenvalue weighted by Crippen LogP contribution is -2.01. The first-order chi connectivity index (χ1) is 9.72. The Labute approximate surface area is 115 Å². The molecule has 0 radical (unpaired) electrons. The Morgan fingerprint density at radius 3 is 2.75 bits per heavy atom. The van der Waals surface area contributed by atoms with E-state index in [0.717, 1.165) is 22.2 Å². The minimum Gasteiger partial charge on any atom is -0.478 e. The summed E-state index contributed by atoms with van der Waals surface area (Å²) in [7, 11) is 0. The highest BCUT2D eigenvalue weighted by atomic mass is 16.4. The lowest BCUT2D eigenvalue weighted by Gasteiger charge is -2.07. The van der Waals surface area contributed by atoms with E-state index in [1.54, 1.807) is 18.3 Å². The fourth-order valence-electron chi connectivity index (χ4n) is 2.02. The molecular formula is C15H13N3O2. The third-order valence-corrected chi connectivity index (χ3v) is 3.14. The molecule has 0 spiro atoms. The maximum Gasteiger partial charge on any atom is 0.335 e. The number of carboxylic acids is 1. The van der Waals surface area contributed by atoms with Crippen LogP contribution in [0.4, 0.5) is 5.69 Å². The molecule has 0 unspecified atom stereocenters. The number of hydrogen-bond acceptors (Lipinski definition) is 3. The van der Waals surface area contributed by atoms with Crippen molar-refractivity contribution in [2.75, 3.05) is 5.32 Å². The van der Waals surface area contributed by atoms with Crippen molar-refractivity contribution < 1.29 is 9.90 Å². The molecule has 20 heavy (non-hydrogen) atoms. The zero-order chi connectivity index (χ0) is 13.9. The first-order valence-corrected chi connectivity index (χ1v) is 6.21. The van der Waals surface area contributed by atoms with Crippen LogP contribution in [0.15, 0.2) is 48.7 Å². The van der Waals surface area contributed by atoms with Crippen LogP contribution in [0.3, 0.4) is 0 Å². The number of fused-ring (bicyclic) bond motifs is 1. The van der Waals surface area contributed by atoms with Crippen LogP contribution in [-0.2, 0) is 6.54 Å².